The fourth-order valence-electron chi connectivity index (χ4n) is 2.96. The maximum atomic E-state index is 12.0. The minimum Gasteiger partial charge on any atom is -0.358 e. The molecule has 1 saturated heterocycles. The number of para-hydroxylation sites is 1. The van der Waals surface area contributed by atoms with Crippen molar-refractivity contribution in [1.29, 1.82) is 0 Å². The third kappa shape index (κ3) is 2.64. The molecule has 1 atom stereocenters. The van der Waals surface area contributed by atoms with Crippen molar-refractivity contribution < 1.29 is 4.79 Å². The standard InChI is InChI=1S/C15H21N5O/c1-16-15(21)14-9-17-7-8-20(14)10-12-11-5-3-4-6-13(11)19(2)18-12/h3-6,14,17H,7-10H2,1-2H3,(H,16,21). The van der Waals surface area contributed by atoms with Gasteiger partial charge in [-0.2, -0.15) is 5.10 Å². The Labute approximate surface area is 124 Å². The van der Waals surface area contributed by atoms with Crippen molar-refractivity contribution in [2.24, 2.45) is 7.05 Å². The molecule has 1 aromatic carbocycles. The van der Waals surface area contributed by atoms with Gasteiger partial charge in [0.05, 0.1) is 11.2 Å². The van der Waals surface area contributed by atoms with Crippen molar-refractivity contribution in [1.82, 2.24) is 25.3 Å². The first kappa shape index (κ1) is 14.0. The highest BCUT2D eigenvalue weighted by atomic mass is 16.2. The summed E-state index contributed by atoms with van der Waals surface area (Å²) in [5.74, 6) is 0.0578. The van der Waals surface area contributed by atoms with Crippen LogP contribution in [-0.2, 0) is 18.4 Å². The van der Waals surface area contributed by atoms with Crippen LogP contribution in [-0.4, -0.2) is 53.3 Å². The van der Waals surface area contributed by atoms with Gasteiger partial charge < -0.3 is 10.6 Å². The molecule has 1 amide bonds. The summed E-state index contributed by atoms with van der Waals surface area (Å²) >= 11 is 0. The largest absolute Gasteiger partial charge is 0.358 e. The van der Waals surface area contributed by atoms with E-state index in [1.165, 1.54) is 0 Å². The van der Waals surface area contributed by atoms with Crippen LogP contribution < -0.4 is 10.6 Å². The maximum Gasteiger partial charge on any atom is 0.238 e. The Hall–Kier alpha value is -1.92. The number of benzene rings is 1. The Bertz CT molecular complexity index is 651. The van der Waals surface area contributed by atoms with Crippen molar-refractivity contribution in [2.45, 2.75) is 12.6 Å². The van der Waals surface area contributed by atoms with Crippen LogP contribution in [0.2, 0.25) is 0 Å². The molecule has 21 heavy (non-hydrogen) atoms. The van der Waals surface area contributed by atoms with Gasteiger partial charge in [-0.05, 0) is 6.07 Å². The van der Waals surface area contributed by atoms with Gasteiger partial charge in [-0.25, -0.2) is 0 Å². The van der Waals surface area contributed by atoms with Gasteiger partial charge in [0.1, 0.15) is 6.04 Å². The van der Waals surface area contributed by atoms with Crippen molar-refractivity contribution in [2.75, 3.05) is 26.7 Å². The van der Waals surface area contributed by atoms with Crippen LogP contribution in [0.4, 0.5) is 0 Å². The maximum absolute atomic E-state index is 12.0. The zero-order valence-electron chi connectivity index (χ0n) is 12.5. The third-order valence-corrected chi connectivity index (χ3v) is 4.09. The van der Waals surface area contributed by atoms with E-state index in [2.05, 4.69) is 32.8 Å². The van der Waals surface area contributed by atoms with Crippen LogP contribution in [0.15, 0.2) is 24.3 Å². The molecule has 0 radical (unpaired) electrons. The average Bonchev–Trinajstić information content (AvgIpc) is 2.84. The number of likely N-dealkylation sites (N-methyl/N-ethyl adjacent to an activating group) is 1. The average molecular weight is 287 g/mol. The van der Waals surface area contributed by atoms with Gasteiger partial charge in [0, 0.05) is 45.7 Å². The zero-order valence-corrected chi connectivity index (χ0v) is 12.5. The molecule has 0 aliphatic carbocycles. The predicted octanol–water partition coefficient (Wildman–Crippen LogP) is 0.0931. The summed E-state index contributed by atoms with van der Waals surface area (Å²) < 4.78 is 1.90. The minimum atomic E-state index is -0.135. The molecule has 1 aliphatic heterocycles. The highest BCUT2D eigenvalue weighted by molar-refractivity contribution is 5.83. The van der Waals surface area contributed by atoms with E-state index in [4.69, 9.17) is 0 Å². The van der Waals surface area contributed by atoms with Gasteiger partial charge in [-0.1, -0.05) is 18.2 Å². The number of nitrogens with zero attached hydrogens (tertiary/aromatic N) is 3. The smallest absolute Gasteiger partial charge is 0.238 e. The van der Waals surface area contributed by atoms with E-state index in [1.807, 2.05) is 23.9 Å². The number of amides is 1. The summed E-state index contributed by atoms with van der Waals surface area (Å²) in [6, 6.07) is 8.08. The molecule has 2 aromatic rings. The number of hydrogen-bond acceptors (Lipinski definition) is 4. The monoisotopic (exact) mass is 287 g/mol. The van der Waals surface area contributed by atoms with Gasteiger partial charge in [0.25, 0.3) is 0 Å². The molecular weight excluding hydrogens is 266 g/mol. The van der Waals surface area contributed by atoms with Gasteiger partial charge in [-0.3, -0.25) is 14.4 Å². The van der Waals surface area contributed by atoms with Gasteiger partial charge in [0.2, 0.25) is 5.91 Å². The fourth-order valence-corrected chi connectivity index (χ4v) is 2.96. The van der Waals surface area contributed by atoms with Crippen LogP contribution in [0.25, 0.3) is 10.9 Å². The topological polar surface area (TPSA) is 62.2 Å². The van der Waals surface area contributed by atoms with E-state index in [1.54, 1.807) is 7.05 Å². The molecule has 0 spiro atoms. The lowest BCUT2D eigenvalue weighted by Gasteiger charge is -2.34. The first-order valence-corrected chi connectivity index (χ1v) is 7.27. The van der Waals surface area contributed by atoms with Gasteiger partial charge in [-0.15, -0.1) is 0 Å². The van der Waals surface area contributed by atoms with Crippen molar-refractivity contribution in [3.63, 3.8) is 0 Å². The Morgan fingerprint density at radius 1 is 1.48 bits per heavy atom. The number of hydrogen-bond donors (Lipinski definition) is 2. The van der Waals surface area contributed by atoms with E-state index in [0.717, 1.165) is 29.7 Å². The molecule has 1 aliphatic rings. The summed E-state index contributed by atoms with van der Waals surface area (Å²) in [6.45, 7) is 3.13. The summed E-state index contributed by atoms with van der Waals surface area (Å²) in [5, 5.41) is 11.8. The SMILES string of the molecule is CNC(=O)C1CNCCN1Cc1nn(C)c2ccccc12. The van der Waals surface area contributed by atoms with Crippen LogP contribution in [0.5, 0.6) is 0 Å². The van der Waals surface area contributed by atoms with E-state index < -0.39 is 0 Å². The normalized spacial score (nSPS) is 19.8. The minimum absolute atomic E-state index is 0.0578. The third-order valence-electron chi connectivity index (χ3n) is 4.09. The summed E-state index contributed by atoms with van der Waals surface area (Å²) in [7, 11) is 3.64. The molecule has 6 heteroatoms. The lowest BCUT2D eigenvalue weighted by Crippen LogP contribution is -2.56. The second-order valence-electron chi connectivity index (χ2n) is 5.39. The number of aryl methyl sites for hydroxylation is 1. The summed E-state index contributed by atoms with van der Waals surface area (Å²) in [4.78, 5) is 14.2. The summed E-state index contributed by atoms with van der Waals surface area (Å²) in [6.07, 6.45) is 0. The van der Waals surface area contributed by atoms with Crippen LogP contribution in [0.1, 0.15) is 5.69 Å². The Morgan fingerprint density at radius 3 is 3.10 bits per heavy atom. The molecule has 1 aromatic heterocycles. The number of fused-ring (bicyclic) bond motifs is 1. The Morgan fingerprint density at radius 2 is 2.29 bits per heavy atom. The second kappa shape index (κ2) is 5.83. The van der Waals surface area contributed by atoms with Crippen molar-refractivity contribution >= 4 is 16.8 Å². The van der Waals surface area contributed by atoms with Gasteiger partial charge >= 0.3 is 0 Å². The van der Waals surface area contributed by atoms with Crippen LogP contribution in [0.3, 0.4) is 0 Å². The van der Waals surface area contributed by atoms with E-state index in [-0.39, 0.29) is 11.9 Å². The highest BCUT2D eigenvalue weighted by Gasteiger charge is 2.28. The Kier molecular flexibility index (Phi) is 3.90. The van der Waals surface area contributed by atoms with Crippen molar-refractivity contribution in [3.8, 4) is 0 Å². The number of carbonyl (C=O) groups excluding carboxylic acids is 1. The lowest BCUT2D eigenvalue weighted by molar-refractivity contribution is -0.126. The second-order valence-corrected chi connectivity index (χ2v) is 5.39. The molecule has 2 N–H and O–H groups in total. The quantitative estimate of drug-likeness (QED) is 0.840. The van der Waals surface area contributed by atoms with E-state index in [0.29, 0.717) is 13.1 Å². The number of carbonyl (C=O) groups is 1. The first-order chi connectivity index (χ1) is 10.2. The molecule has 1 fully saturated rings. The van der Waals surface area contributed by atoms with Crippen molar-refractivity contribution in [3.05, 3.63) is 30.0 Å². The lowest BCUT2D eigenvalue weighted by atomic mass is 10.1. The number of aromatic nitrogens is 2. The number of nitrogens with one attached hydrogen (secondary N) is 2. The van der Waals surface area contributed by atoms with Crippen LogP contribution >= 0.6 is 0 Å². The molecule has 0 bridgehead atoms. The molecule has 112 valence electrons. The van der Waals surface area contributed by atoms with E-state index >= 15 is 0 Å². The van der Waals surface area contributed by atoms with Gasteiger partial charge in [0.15, 0.2) is 0 Å². The molecule has 3 rings (SSSR count). The Balaban J connectivity index is 1.88. The molecule has 2 heterocycles. The van der Waals surface area contributed by atoms with Crippen LogP contribution in [0, 0.1) is 0 Å². The molecule has 1 unspecified atom stereocenters. The fraction of sp³-hybridized carbons (Fsp3) is 0.467. The predicted molar refractivity (Wildman–Crippen MR) is 81.8 cm³/mol. The van der Waals surface area contributed by atoms with E-state index in [9.17, 15) is 4.79 Å². The first-order valence-electron chi connectivity index (χ1n) is 7.27. The molecular formula is C15H21N5O. The molecule has 6 nitrogen and oxygen atoms in total. The number of rotatable bonds is 3. The zero-order chi connectivity index (χ0) is 14.8. The number of piperazine rings is 1. The molecule has 0 saturated carbocycles. The summed E-state index contributed by atoms with van der Waals surface area (Å²) in [5.41, 5.74) is 2.16. The highest BCUT2D eigenvalue weighted by Crippen LogP contribution is 2.20.